The van der Waals surface area contributed by atoms with E-state index in [9.17, 15) is 59.1 Å². The first kappa shape index (κ1) is 62.5. The van der Waals surface area contributed by atoms with Gasteiger partial charge in [-0.25, -0.2) is 57.1 Å². The second-order valence-corrected chi connectivity index (χ2v) is 29.9. The molecule has 0 unspecified atom stereocenters. The molecule has 582 valence electrons. The van der Waals surface area contributed by atoms with Crippen molar-refractivity contribution < 1.29 is 92.5 Å². The van der Waals surface area contributed by atoms with Gasteiger partial charge in [0.1, 0.15) is 54.1 Å². The summed E-state index contributed by atoms with van der Waals surface area (Å²) in [6, 6.07) is 9.05. The van der Waals surface area contributed by atoms with Gasteiger partial charge in [0.2, 0.25) is 0 Å². The highest BCUT2D eigenvalue weighted by molar-refractivity contribution is 7.99. The van der Waals surface area contributed by atoms with Crippen LogP contribution in [0.5, 0.6) is 0 Å². The van der Waals surface area contributed by atoms with Crippen LogP contribution >= 0.6 is 35.3 Å². The van der Waals surface area contributed by atoms with Crippen LogP contribution in [0.2, 0.25) is 0 Å². The van der Waals surface area contributed by atoms with Gasteiger partial charge in [-0.15, -0.1) is 15.3 Å². The number of hydrogen-bond donors (Lipinski definition) is 12. The molecule has 6 aromatic heterocycles. The third kappa shape index (κ3) is 17.5. The summed E-state index contributed by atoms with van der Waals surface area (Å²) in [5, 5.41) is 128. The van der Waals surface area contributed by atoms with Crippen LogP contribution in [0.1, 0.15) is 167 Å². The first-order valence-electron chi connectivity index (χ1n) is 42.2. The average Bonchev–Trinajstić information content (AvgIpc) is 1.56. The molecule has 9 aromatic rings. The molecule has 6 saturated carbocycles. The summed E-state index contributed by atoms with van der Waals surface area (Å²) in [7, 11) is 0. The van der Waals surface area contributed by atoms with Gasteiger partial charge in [0.25, 0.3) is 0 Å². The summed E-state index contributed by atoms with van der Waals surface area (Å²) in [4.78, 5) is 27.4. The molecule has 0 bridgehead atoms. The normalized spacial score (nSPS) is 31.5. The van der Waals surface area contributed by atoms with E-state index in [-0.39, 0.29) is 70.2 Å². The van der Waals surface area contributed by atoms with E-state index >= 15 is 0 Å². The van der Waals surface area contributed by atoms with E-state index < -0.39 is 185 Å². The number of nitrogens with zero attached hydrogens (tertiary/aromatic N) is 15. The fourth-order valence-corrected chi connectivity index (χ4v) is 15.2. The van der Waals surface area contributed by atoms with E-state index in [1.807, 2.05) is 20.8 Å². The minimum absolute atomic E-state index is 0.0310. The van der Waals surface area contributed by atoms with E-state index in [0.717, 1.165) is 19.3 Å². The van der Waals surface area contributed by atoms with Crippen LogP contribution < -0.4 is 16.0 Å². The van der Waals surface area contributed by atoms with Crippen molar-refractivity contribution in [1.82, 2.24) is 74.9 Å². The number of benzene rings is 3. The molecule has 18 atom stereocenters. The number of halogens is 3. The van der Waals surface area contributed by atoms with Crippen molar-refractivity contribution in [2.24, 2.45) is 0 Å². The Balaban J connectivity index is 0.000000158. The molecule has 108 heavy (non-hydrogen) atoms. The van der Waals surface area contributed by atoms with Gasteiger partial charge in [-0.1, -0.05) is 108 Å². The molecule has 30 nitrogen and oxygen atoms in total. The standard InChI is InChI=1S/3C24H31FN6O4S/c3*1-3-8-36-24-27-22(26-16-10-14(16)13-5-4-12(2)15(25)9-13)19-23(28-24)31(30-29-19)17-11-18(35-7-6-32)21(34)20(17)33/h3*4-5,9,14,16-18,20-21,32-34H,3,6-8,10-11H2,1-2H3,(H,26,27,28)/t3*14-,16+,17+,18-,20-,21+/m000/s1/i6D2,7D2,10D2;7D2,10D2;6D2,10D2. The molecule has 0 amide bonds. The third-order valence-corrected chi connectivity index (χ3v) is 22.3. The number of thioether (sulfide) groups is 3. The Bertz CT molecular complexity index is 5280. The molecule has 36 heteroatoms. The SMILES string of the molecule is [2H]C([2H])(CO)O[C@H]1C[C@@H](n2nnc3c(N[C@H]4[C@H](c5ccc(C)c(F)c5)C4([2H])[2H])nc(SCCC)nc32)[C@H](O)[C@@H]1O.[2H]C([2H])(O)CO[C@H]1C[C@@H](n2nnc3c(N[C@H]4[C@H](c5ccc(C)c(F)c5)C4([2H])[2H])nc(SCCC)nc32)[C@H](O)[C@@H]1O.[2H]C1([2H])[C@@H](Nc2nc(SCCC)nc3c2nnn3[C@@H]2C[C@H](OC([2H])([2H])C([2H])([2H])O)[C@@H](O)[C@H]2O)[C@@H]1c1ccc(C)c(F)c1. The Morgan fingerprint density at radius 3 is 1.08 bits per heavy atom. The predicted molar refractivity (Wildman–Crippen MR) is 398 cm³/mol. The van der Waals surface area contributed by atoms with Crippen molar-refractivity contribution in [3.63, 3.8) is 0 Å². The number of nitrogens with one attached hydrogen (secondary N) is 3. The van der Waals surface area contributed by atoms with Crippen molar-refractivity contribution in [2.45, 2.75) is 224 Å². The Labute approximate surface area is 652 Å². The molecule has 0 radical (unpaired) electrons. The highest BCUT2D eigenvalue weighted by Crippen LogP contribution is 2.48. The van der Waals surface area contributed by atoms with Gasteiger partial charge in [0.05, 0.1) is 86.9 Å². The van der Waals surface area contributed by atoms with E-state index in [2.05, 4.69) is 76.8 Å². The van der Waals surface area contributed by atoms with Crippen molar-refractivity contribution in [1.29, 1.82) is 0 Å². The summed E-state index contributed by atoms with van der Waals surface area (Å²) in [5.41, 5.74) is 4.20. The van der Waals surface area contributed by atoms with Crippen molar-refractivity contribution in [3.05, 3.63) is 105 Å². The molecule has 0 aliphatic heterocycles. The number of aliphatic hydroxyl groups excluding tert-OH is 7. The number of aliphatic hydroxyl groups is 9. The lowest BCUT2D eigenvalue weighted by molar-refractivity contribution is -0.0629. The van der Waals surface area contributed by atoms with Crippen LogP contribution in [-0.2, 0) is 14.2 Å². The van der Waals surface area contributed by atoms with Crippen LogP contribution in [0, 0.1) is 38.2 Å². The quantitative estimate of drug-likeness (QED) is 0.0168. The number of anilines is 3. The number of ether oxygens (including phenoxy) is 3. The first-order chi connectivity index (χ1) is 57.2. The molecule has 6 fully saturated rings. The Morgan fingerprint density at radius 1 is 0.463 bits per heavy atom. The molecule has 6 aliphatic rings. The van der Waals surface area contributed by atoms with Crippen LogP contribution in [0.4, 0.5) is 30.6 Å². The molecule has 0 spiro atoms. The fourth-order valence-electron chi connectivity index (χ4n) is 13.1. The summed E-state index contributed by atoms with van der Waals surface area (Å²) in [6.45, 7) is -2.27. The maximum atomic E-state index is 14.3. The average molecular weight is 1570 g/mol. The van der Waals surface area contributed by atoms with Crippen molar-refractivity contribution in [3.8, 4) is 0 Å². The number of aromatic nitrogens is 15. The van der Waals surface area contributed by atoms with Gasteiger partial charge in [-0.3, -0.25) is 0 Å². The van der Waals surface area contributed by atoms with Crippen LogP contribution in [-0.4, -0.2) is 251 Å². The smallest absolute Gasteiger partial charge is 0.191 e. The minimum Gasteiger partial charge on any atom is -0.394 e. The van der Waals surface area contributed by atoms with Gasteiger partial charge < -0.3 is 76.1 Å². The monoisotopic (exact) mass is 1570 g/mol. The van der Waals surface area contributed by atoms with Gasteiger partial charge >= 0.3 is 0 Å². The first-order valence-corrected chi connectivity index (χ1v) is 38.2. The topological polar surface area (TPSA) is 415 Å². The Morgan fingerprint density at radius 2 is 0.787 bits per heavy atom. The molecule has 6 heterocycles. The Kier molecular flexibility index (Phi) is 20.3. The number of hydrogen-bond acceptors (Lipinski definition) is 30. The molecule has 6 aliphatic carbocycles. The molecule has 0 saturated heterocycles. The summed E-state index contributed by atoms with van der Waals surface area (Å²) < 4.78 is 173. The fraction of sp³-hybridized carbons (Fsp3) is 0.583. The van der Waals surface area contributed by atoms with Crippen LogP contribution in [0.25, 0.3) is 33.5 Å². The second-order valence-electron chi connectivity index (χ2n) is 26.7. The summed E-state index contributed by atoms with van der Waals surface area (Å²) in [5.74, 6) is -0.396. The largest absolute Gasteiger partial charge is 0.394 e. The highest BCUT2D eigenvalue weighted by Gasteiger charge is 2.49. The van der Waals surface area contributed by atoms with Crippen molar-refractivity contribution in [2.75, 3.05) is 72.7 Å². The molecule has 12 N–H and O–H groups in total. The number of aryl methyl sites for hydroxylation is 3. The highest BCUT2D eigenvalue weighted by atomic mass is 32.2. The summed E-state index contributed by atoms with van der Waals surface area (Å²) >= 11 is 4.10. The van der Waals surface area contributed by atoms with E-state index in [1.165, 1.54) is 67.5 Å². The zero-order valence-electron chi connectivity index (χ0n) is 73.2. The molecular weight excluding hydrogens is 1460 g/mol. The maximum absolute atomic E-state index is 14.3. The maximum Gasteiger partial charge on any atom is 0.191 e. The number of rotatable bonds is 30. The van der Waals surface area contributed by atoms with Crippen LogP contribution in [0.15, 0.2) is 70.1 Å². The zero-order chi connectivity index (χ0) is 88.7. The van der Waals surface area contributed by atoms with E-state index in [0.29, 0.717) is 66.1 Å². The van der Waals surface area contributed by atoms with Crippen molar-refractivity contribution >= 4 is 86.2 Å². The number of fused-ring (bicyclic) bond motifs is 3. The lowest BCUT2D eigenvalue weighted by atomic mass is 10.1. The lowest BCUT2D eigenvalue weighted by Crippen LogP contribution is -2.33. The Hall–Kier alpha value is -7.14. The van der Waals surface area contributed by atoms with Gasteiger partial charge in [0, 0.05) is 80.6 Å². The van der Waals surface area contributed by atoms with Gasteiger partial charge in [-0.05, 0) is 111 Å². The van der Waals surface area contributed by atoms with Crippen LogP contribution in [0.3, 0.4) is 0 Å². The molecular formula is C72H93F3N18O12S3. The minimum atomic E-state index is -3.37. The second kappa shape index (κ2) is 35.1. The van der Waals surface area contributed by atoms with E-state index in [1.54, 1.807) is 57.2 Å². The zero-order valence-corrected chi connectivity index (χ0v) is 61.6. The molecule has 15 rings (SSSR count). The predicted octanol–water partition coefficient (Wildman–Crippen LogP) is 6.55. The summed E-state index contributed by atoms with van der Waals surface area (Å²) in [6.07, 6.45) is -15.0. The van der Waals surface area contributed by atoms with Gasteiger partial charge in [-0.2, -0.15) is 0 Å². The van der Waals surface area contributed by atoms with Gasteiger partial charge in [0.15, 0.2) is 66.4 Å². The lowest BCUT2D eigenvalue weighted by Gasteiger charge is -2.17. The third-order valence-electron chi connectivity index (χ3n) is 19.2. The molecule has 3 aromatic carbocycles. The van der Waals surface area contributed by atoms with E-state index in [4.69, 9.17) is 33.4 Å².